The Morgan fingerprint density at radius 1 is 1.39 bits per heavy atom. The van der Waals surface area contributed by atoms with Crippen LogP contribution < -0.4 is 0 Å². The summed E-state index contributed by atoms with van der Waals surface area (Å²) in [4.78, 5) is 11.3. The van der Waals surface area contributed by atoms with Crippen LogP contribution in [0.4, 0.5) is 0 Å². The lowest BCUT2D eigenvalue weighted by atomic mass is 10.2. The summed E-state index contributed by atoms with van der Waals surface area (Å²) in [6, 6.07) is 5.17. The molecule has 1 saturated heterocycles. The molecule has 1 aromatic carbocycles. The monoisotopic (exact) mass is 337 g/mol. The van der Waals surface area contributed by atoms with Crippen LogP contribution in [-0.2, 0) is 21.9 Å². The molecule has 1 aliphatic rings. The fourth-order valence-electron chi connectivity index (χ4n) is 2.68. The van der Waals surface area contributed by atoms with E-state index in [-0.39, 0.29) is 11.4 Å². The van der Waals surface area contributed by atoms with Gasteiger partial charge < -0.3 is 5.11 Å². The summed E-state index contributed by atoms with van der Waals surface area (Å²) in [7, 11) is -2.23. The van der Waals surface area contributed by atoms with Crippen molar-refractivity contribution in [1.29, 1.82) is 0 Å². The number of tetrazole rings is 1. The molecule has 0 bridgehead atoms. The lowest BCUT2D eigenvalue weighted by Gasteiger charge is -2.21. The van der Waals surface area contributed by atoms with Gasteiger partial charge in [0.1, 0.15) is 6.04 Å². The maximum absolute atomic E-state index is 12.8. The molecule has 2 heterocycles. The molecule has 0 saturated carbocycles. The van der Waals surface area contributed by atoms with E-state index in [9.17, 15) is 18.3 Å². The van der Waals surface area contributed by atoms with Gasteiger partial charge in [-0.25, -0.2) is 13.1 Å². The third-order valence-electron chi connectivity index (χ3n) is 3.81. The molecule has 122 valence electrons. The van der Waals surface area contributed by atoms with Crippen molar-refractivity contribution in [3.8, 4) is 11.4 Å². The van der Waals surface area contributed by atoms with E-state index in [1.54, 1.807) is 19.2 Å². The average molecular weight is 337 g/mol. The number of benzene rings is 1. The van der Waals surface area contributed by atoms with E-state index < -0.39 is 22.0 Å². The van der Waals surface area contributed by atoms with Crippen LogP contribution in [0.1, 0.15) is 12.8 Å². The van der Waals surface area contributed by atoms with E-state index in [1.807, 2.05) is 0 Å². The molecule has 0 amide bonds. The summed E-state index contributed by atoms with van der Waals surface area (Å²) in [5, 5.41) is 20.3. The van der Waals surface area contributed by atoms with Gasteiger partial charge in [-0.15, -0.1) is 5.10 Å². The zero-order chi connectivity index (χ0) is 16.6. The molecule has 1 fully saturated rings. The highest BCUT2D eigenvalue weighted by Gasteiger charge is 2.39. The molecule has 0 aliphatic carbocycles. The number of aromatic nitrogens is 4. The Hall–Kier alpha value is -2.33. The minimum Gasteiger partial charge on any atom is -0.480 e. The van der Waals surface area contributed by atoms with E-state index in [4.69, 9.17) is 0 Å². The first-order chi connectivity index (χ1) is 10.9. The summed E-state index contributed by atoms with van der Waals surface area (Å²) >= 11 is 0. The van der Waals surface area contributed by atoms with Crippen molar-refractivity contribution in [1.82, 2.24) is 24.5 Å². The second kappa shape index (κ2) is 5.70. The van der Waals surface area contributed by atoms with Gasteiger partial charge in [0.2, 0.25) is 10.0 Å². The summed E-state index contributed by atoms with van der Waals surface area (Å²) in [6.07, 6.45) is 0.852. The van der Waals surface area contributed by atoms with Gasteiger partial charge in [0.15, 0.2) is 5.82 Å². The van der Waals surface area contributed by atoms with Crippen LogP contribution in [0.2, 0.25) is 0 Å². The number of nitrogens with zero attached hydrogens (tertiary/aromatic N) is 5. The van der Waals surface area contributed by atoms with Gasteiger partial charge in [-0.2, -0.15) is 4.31 Å². The van der Waals surface area contributed by atoms with Gasteiger partial charge >= 0.3 is 5.97 Å². The highest BCUT2D eigenvalue weighted by Crippen LogP contribution is 2.28. The summed E-state index contributed by atoms with van der Waals surface area (Å²) in [6.45, 7) is 0.203. The van der Waals surface area contributed by atoms with Crippen LogP contribution in [0.25, 0.3) is 11.4 Å². The van der Waals surface area contributed by atoms with Gasteiger partial charge in [-0.05, 0) is 35.4 Å². The zero-order valence-corrected chi connectivity index (χ0v) is 13.1. The lowest BCUT2D eigenvalue weighted by Crippen LogP contribution is -2.40. The molecule has 2 aromatic rings. The molecule has 1 unspecified atom stereocenters. The Kier molecular flexibility index (Phi) is 3.86. The van der Waals surface area contributed by atoms with Crippen LogP contribution in [0.15, 0.2) is 29.2 Å². The first-order valence-corrected chi connectivity index (χ1v) is 8.42. The Balaban J connectivity index is 2.01. The van der Waals surface area contributed by atoms with E-state index in [2.05, 4.69) is 15.5 Å². The normalized spacial score (nSPS) is 19.1. The molecule has 1 N–H and O–H groups in total. The summed E-state index contributed by atoms with van der Waals surface area (Å²) in [5.74, 6) is -0.696. The molecule has 1 aliphatic heterocycles. The molecule has 10 heteroatoms. The van der Waals surface area contributed by atoms with Crippen molar-refractivity contribution < 1.29 is 18.3 Å². The van der Waals surface area contributed by atoms with Crippen LogP contribution in [-0.4, -0.2) is 56.6 Å². The molecule has 0 spiro atoms. The Morgan fingerprint density at radius 2 is 2.17 bits per heavy atom. The lowest BCUT2D eigenvalue weighted by molar-refractivity contribution is -0.140. The highest BCUT2D eigenvalue weighted by atomic mass is 32.2. The Bertz CT molecular complexity index is 848. The molecular weight excluding hydrogens is 322 g/mol. The number of carboxylic acids is 1. The second-order valence-corrected chi connectivity index (χ2v) is 7.16. The van der Waals surface area contributed by atoms with Crippen LogP contribution in [0, 0.1) is 0 Å². The molecule has 1 atom stereocenters. The third-order valence-corrected chi connectivity index (χ3v) is 5.71. The van der Waals surface area contributed by atoms with Crippen molar-refractivity contribution in [2.75, 3.05) is 6.54 Å². The summed E-state index contributed by atoms with van der Waals surface area (Å²) in [5.41, 5.74) is 0.546. The number of hydrogen-bond acceptors (Lipinski definition) is 6. The highest BCUT2D eigenvalue weighted by molar-refractivity contribution is 7.89. The SMILES string of the molecule is Cn1nnnc1-c1cccc(S(=O)(=O)N2CCCC2C(=O)O)c1. The number of carboxylic acid groups (broad SMARTS) is 1. The number of aliphatic carboxylic acids is 1. The first-order valence-electron chi connectivity index (χ1n) is 6.98. The second-order valence-electron chi connectivity index (χ2n) is 5.27. The Morgan fingerprint density at radius 3 is 2.83 bits per heavy atom. The van der Waals surface area contributed by atoms with E-state index in [0.717, 1.165) is 4.31 Å². The van der Waals surface area contributed by atoms with Crippen LogP contribution in [0.5, 0.6) is 0 Å². The number of rotatable bonds is 4. The van der Waals surface area contributed by atoms with Crippen molar-refractivity contribution in [3.63, 3.8) is 0 Å². The van der Waals surface area contributed by atoms with E-state index in [1.165, 1.54) is 16.8 Å². The molecule has 0 radical (unpaired) electrons. The van der Waals surface area contributed by atoms with Gasteiger partial charge in [-0.3, -0.25) is 4.79 Å². The molecule has 9 nitrogen and oxygen atoms in total. The fraction of sp³-hybridized carbons (Fsp3) is 0.385. The van der Waals surface area contributed by atoms with Crippen LogP contribution >= 0.6 is 0 Å². The predicted octanol–water partition coefficient (Wildman–Crippen LogP) is 0.115. The largest absolute Gasteiger partial charge is 0.480 e. The van der Waals surface area contributed by atoms with Gasteiger partial charge in [-0.1, -0.05) is 12.1 Å². The van der Waals surface area contributed by atoms with Crippen LogP contribution in [0.3, 0.4) is 0 Å². The number of aryl methyl sites for hydroxylation is 1. The van der Waals surface area contributed by atoms with Crippen molar-refractivity contribution in [2.45, 2.75) is 23.8 Å². The minimum atomic E-state index is -3.88. The van der Waals surface area contributed by atoms with Crippen molar-refractivity contribution >= 4 is 16.0 Å². The quantitative estimate of drug-likeness (QED) is 0.841. The number of sulfonamides is 1. The van der Waals surface area contributed by atoms with Gasteiger partial charge in [0.05, 0.1) is 4.90 Å². The number of hydrogen-bond donors (Lipinski definition) is 1. The molecule has 1 aromatic heterocycles. The van der Waals surface area contributed by atoms with Crippen molar-refractivity contribution in [3.05, 3.63) is 24.3 Å². The third kappa shape index (κ3) is 2.70. The van der Waals surface area contributed by atoms with E-state index in [0.29, 0.717) is 24.2 Å². The summed E-state index contributed by atoms with van der Waals surface area (Å²) < 4.78 is 28.0. The van der Waals surface area contributed by atoms with Gasteiger partial charge in [0, 0.05) is 19.2 Å². The van der Waals surface area contributed by atoms with Crippen molar-refractivity contribution in [2.24, 2.45) is 7.05 Å². The smallest absolute Gasteiger partial charge is 0.322 e. The fourth-order valence-corrected chi connectivity index (χ4v) is 4.38. The topological polar surface area (TPSA) is 118 Å². The molecule has 3 rings (SSSR count). The zero-order valence-electron chi connectivity index (χ0n) is 12.3. The minimum absolute atomic E-state index is 0.0335. The predicted molar refractivity (Wildman–Crippen MR) is 78.8 cm³/mol. The molecular formula is C13H15N5O4S. The average Bonchev–Trinajstić information content (AvgIpc) is 3.16. The van der Waals surface area contributed by atoms with E-state index >= 15 is 0 Å². The Labute approximate surface area is 132 Å². The maximum Gasteiger partial charge on any atom is 0.322 e. The van der Waals surface area contributed by atoms with Gasteiger partial charge in [0.25, 0.3) is 0 Å². The molecule has 23 heavy (non-hydrogen) atoms. The number of carbonyl (C=O) groups is 1. The maximum atomic E-state index is 12.8. The standard InChI is InChI=1S/C13H15N5O4S/c1-17-12(14-15-16-17)9-4-2-5-10(8-9)23(21,22)18-7-3-6-11(18)13(19)20/h2,4-5,8,11H,3,6-7H2,1H3,(H,19,20). The first kappa shape index (κ1) is 15.6.